The second kappa shape index (κ2) is 6.37. The largest absolute Gasteiger partial charge is 0.481 e. The molecule has 19 heavy (non-hydrogen) atoms. The number of carboxylic acids is 1. The molecule has 0 aliphatic carbocycles. The lowest BCUT2D eigenvalue weighted by Gasteiger charge is -2.27. The van der Waals surface area contributed by atoms with E-state index in [-0.39, 0.29) is 17.7 Å². The molecule has 0 aromatic heterocycles. The van der Waals surface area contributed by atoms with E-state index in [1.807, 2.05) is 0 Å². The third-order valence-electron chi connectivity index (χ3n) is 3.33. The zero-order chi connectivity index (χ0) is 14.5. The first-order valence-electron chi connectivity index (χ1n) is 6.83. The van der Waals surface area contributed by atoms with Gasteiger partial charge in [0.05, 0.1) is 18.6 Å². The maximum absolute atomic E-state index is 11.9. The number of nitrogens with one attached hydrogen (secondary N) is 1. The number of aliphatic carboxylic acids is 1. The lowest BCUT2D eigenvalue weighted by Crippen LogP contribution is -2.50. The summed E-state index contributed by atoms with van der Waals surface area (Å²) in [6.07, 6.45) is 2.74. The number of ether oxygens (including phenoxy) is 1. The highest BCUT2D eigenvalue weighted by molar-refractivity contribution is 5.78. The Balaban J connectivity index is 2.42. The second-order valence-corrected chi connectivity index (χ2v) is 6.62. The maximum Gasteiger partial charge on any atom is 0.305 e. The fourth-order valence-electron chi connectivity index (χ4n) is 2.32. The molecule has 0 spiro atoms. The molecule has 1 aliphatic heterocycles. The molecule has 0 aromatic carbocycles. The van der Waals surface area contributed by atoms with Crippen molar-refractivity contribution in [1.29, 1.82) is 0 Å². The molecule has 1 heterocycles. The van der Waals surface area contributed by atoms with Crippen LogP contribution in [-0.2, 0) is 14.3 Å². The maximum atomic E-state index is 11.9. The molecule has 1 unspecified atom stereocenters. The molecule has 5 heteroatoms. The van der Waals surface area contributed by atoms with Crippen LogP contribution in [0.5, 0.6) is 0 Å². The lowest BCUT2D eigenvalue weighted by atomic mass is 9.89. The van der Waals surface area contributed by atoms with Crippen LogP contribution < -0.4 is 5.32 Å². The van der Waals surface area contributed by atoms with Gasteiger partial charge in [-0.3, -0.25) is 9.59 Å². The summed E-state index contributed by atoms with van der Waals surface area (Å²) in [5.41, 5.74) is -0.486. The highest BCUT2D eigenvalue weighted by Crippen LogP contribution is 2.24. The van der Waals surface area contributed by atoms with Gasteiger partial charge in [0.1, 0.15) is 0 Å². The van der Waals surface area contributed by atoms with Gasteiger partial charge in [-0.15, -0.1) is 0 Å². The van der Waals surface area contributed by atoms with Crippen molar-refractivity contribution in [1.82, 2.24) is 5.32 Å². The van der Waals surface area contributed by atoms with Crippen LogP contribution in [0.3, 0.4) is 0 Å². The van der Waals surface area contributed by atoms with E-state index >= 15 is 0 Å². The molecule has 0 saturated carbocycles. The van der Waals surface area contributed by atoms with Gasteiger partial charge in [-0.1, -0.05) is 20.8 Å². The molecule has 2 N–H and O–H groups in total. The Labute approximate surface area is 114 Å². The van der Waals surface area contributed by atoms with Crippen LogP contribution in [0, 0.1) is 5.41 Å². The van der Waals surface area contributed by atoms with Gasteiger partial charge in [-0.05, 0) is 24.7 Å². The summed E-state index contributed by atoms with van der Waals surface area (Å²) < 4.78 is 5.24. The summed E-state index contributed by atoms with van der Waals surface area (Å²) in [5.74, 6) is -0.975. The Kier molecular flexibility index (Phi) is 5.35. The highest BCUT2D eigenvalue weighted by Gasteiger charge is 2.38. The molecule has 1 amide bonds. The van der Waals surface area contributed by atoms with Crippen LogP contribution in [0.25, 0.3) is 0 Å². The van der Waals surface area contributed by atoms with Gasteiger partial charge in [0, 0.05) is 13.0 Å². The zero-order valence-corrected chi connectivity index (χ0v) is 12.1. The van der Waals surface area contributed by atoms with Gasteiger partial charge < -0.3 is 15.2 Å². The van der Waals surface area contributed by atoms with Gasteiger partial charge in [-0.25, -0.2) is 0 Å². The average molecular weight is 271 g/mol. The first-order chi connectivity index (χ1) is 8.72. The normalized spacial score (nSPS) is 23.3. The summed E-state index contributed by atoms with van der Waals surface area (Å²) in [6, 6.07) is 0. The molecular weight excluding hydrogens is 246 g/mol. The Morgan fingerprint density at radius 3 is 2.53 bits per heavy atom. The van der Waals surface area contributed by atoms with E-state index in [0.717, 1.165) is 12.8 Å². The van der Waals surface area contributed by atoms with Gasteiger partial charge in [0.25, 0.3) is 0 Å². The topological polar surface area (TPSA) is 75.6 Å². The van der Waals surface area contributed by atoms with Gasteiger partial charge in [-0.2, -0.15) is 0 Å². The average Bonchev–Trinajstić information content (AvgIpc) is 2.62. The Morgan fingerprint density at radius 2 is 2.05 bits per heavy atom. The van der Waals surface area contributed by atoms with Crippen LogP contribution in [0.4, 0.5) is 0 Å². The van der Waals surface area contributed by atoms with Crippen molar-refractivity contribution in [3.63, 3.8) is 0 Å². The number of rotatable bonds is 6. The Morgan fingerprint density at radius 1 is 1.37 bits per heavy atom. The van der Waals surface area contributed by atoms with Crippen LogP contribution in [0.1, 0.15) is 52.9 Å². The molecule has 1 saturated heterocycles. The zero-order valence-electron chi connectivity index (χ0n) is 12.1. The number of hydrogen-bond acceptors (Lipinski definition) is 3. The molecule has 1 aliphatic rings. The van der Waals surface area contributed by atoms with E-state index in [1.165, 1.54) is 0 Å². The fraction of sp³-hybridized carbons (Fsp3) is 0.857. The Bertz CT molecular complexity index is 327. The smallest absolute Gasteiger partial charge is 0.305 e. The third-order valence-corrected chi connectivity index (χ3v) is 3.33. The fourth-order valence-corrected chi connectivity index (χ4v) is 2.32. The second-order valence-electron chi connectivity index (χ2n) is 6.62. The van der Waals surface area contributed by atoms with Crippen LogP contribution >= 0.6 is 0 Å². The molecule has 1 fully saturated rings. The minimum absolute atomic E-state index is 0.0714. The predicted molar refractivity (Wildman–Crippen MR) is 71.9 cm³/mol. The number of hydrogen-bond donors (Lipinski definition) is 2. The van der Waals surface area contributed by atoms with Crippen molar-refractivity contribution in [3.8, 4) is 0 Å². The molecule has 110 valence electrons. The number of carbonyl (C=O) groups is 2. The quantitative estimate of drug-likeness (QED) is 0.774. The van der Waals surface area contributed by atoms with Crippen molar-refractivity contribution in [3.05, 3.63) is 0 Å². The summed E-state index contributed by atoms with van der Waals surface area (Å²) in [7, 11) is 0. The number of carboxylic acid groups (broad SMARTS) is 1. The third kappa shape index (κ3) is 6.05. The minimum atomic E-state index is -0.902. The summed E-state index contributed by atoms with van der Waals surface area (Å²) >= 11 is 0. The molecular formula is C14H25NO4. The van der Waals surface area contributed by atoms with Crippen molar-refractivity contribution in [2.45, 2.75) is 58.4 Å². The van der Waals surface area contributed by atoms with E-state index in [9.17, 15) is 9.59 Å². The SMILES string of the molecule is CC(C)(C)CCCC(=O)NC1(CC(=O)O)CCOC1. The molecule has 0 radical (unpaired) electrons. The monoisotopic (exact) mass is 271 g/mol. The molecule has 0 aromatic rings. The van der Waals surface area contributed by atoms with Gasteiger partial charge in [0.15, 0.2) is 0 Å². The Hall–Kier alpha value is -1.10. The molecule has 0 bridgehead atoms. The van der Waals surface area contributed by atoms with E-state index in [2.05, 4.69) is 26.1 Å². The van der Waals surface area contributed by atoms with Gasteiger partial charge >= 0.3 is 5.97 Å². The minimum Gasteiger partial charge on any atom is -0.481 e. The van der Waals surface area contributed by atoms with E-state index in [1.54, 1.807) is 0 Å². The van der Waals surface area contributed by atoms with Crippen molar-refractivity contribution in [2.24, 2.45) is 5.41 Å². The van der Waals surface area contributed by atoms with E-state index < -0.39 is 11.5 Å². The first-order valence-corrected chi connectivity index (χ1v) is 6.83. The van der Waals surface area contributed by atoms with Crippen molar-refractivity contribution >= 4 is 11.9 Å². The predicted octanol–water partition coefficient (Wildman–Crippen LogP) is 1.95. The number of amides is 1. The van der Waals surface area contributed by atoms with Crippen molar-refractivity contribution < 1.29 is 19.4 Å². The molecule has 1 rings (SSSR count). The van der Waals surface area contributed by atoms with Crippen LogP contribution in [-0.4, -0.2) is 35.7 Å². The van der Waals surface area contributed by atoms with E-state index in [4.69, 9.17) is 9.84 Å². The summed E-state index contributed by atoms with van der Waals surface area (Å²) in [5, 5.41) is 11.8. The van der Waals surface area contributed by atoms with E-state index in [0.29, 0.717) is 26.1 Å². The summed E-state index contributed by atoms with van der Waals surface area (Å²) in [4.78, 5) is 22.8. The first kappa shape index (κ1) is 16.0. The van der Waals surface area contributed by atoms with Gasteiger partial charge in [0.2, 0.25) is 5.91 Å². The number of carbonyl (C=O) groups excluding carboxylic acids is 1. The molecule has 1 atom stereocenters. The summed E-state index contributed by atoms with van der Waals surface area (Å²) in [6.45, 7) is 7.23. The van der Waals surface area contributed by atoms with Crippen LogP contribution in [0.2, 0.25) is 0 Å². The molecule has 5 nitrogen and oxygen atoms in total. The lowest BCUT2D eigenvalue weighted by molar-refractivity contribution is -0.139. The highest BCUT2D eigenvalue weighted by atomic mass is 16.5. The van der Waals surface area contributed by atoms with Crippen LogP contribution in [0.15, 0.2) is 0 Å². The standard InChI is InChI=1S/C14H25NO4/c1-13(2,3)6-4-5-11(16)15-14(9-12(17)18)7-8-19-10-14/h4-10H2,1-3H3,(H,15,16)(H,17,18). The van der Waals surface area contributed by atoms with Crippen molar-refractivity contribution in [2.75, 3.05) is 13.2 Å².